The fraction of sp³-hybridized carbons (Fsp3) is 0.625. The average molecular weight is 216 g/mol. The van der Waals surface area contributed by atoms with E-state index in [1.165, 1.54) is 19.3 Å². The van der Waals surface area contributed by atoms with Gasteiger partial charge in [-0.25, -0.2) is 0 Å². The van der Waals surface area contributed by atoms with Crippen molar-refractivity contribution < 1.29 is 0 Å². The largest absolute Gasteiger partial charge is 0.0648 e. The molecule has 0 aromatic heterocycles. The second-order valence-corrected chi connectivity index (χ2v) is 6.01. The summed E-state index contributed by atoms with van der Waals surface area (Å²) in [6, 6.07) is 4.74. The van der Waals surface area contributed by atoms with Crippen LogP contribution >= 0.6 is 0 Å². The van der Waals surface area contributed by atoms with E-state index in [1.807, 2.05) is 0 Å². The number of hydrogen-bond donors (Lipinski definition) is 0. The lowest BCUT2D eigenvalue weighted by molar-refractivity contribution is 0.518. The molecule has 1 aliphatic carbocycles. The van der Waals surface area contributed by atoms with Crippen LogP contribution in [0.5, 0.6) is 0 Å². The van der Waals surface area contributed by atoms with Gasteiger partial charge in [-0.3, -0.25) is 0 Å². The maximum absolute atomic E-state index is 2.40. The first-order valence-corrected chi connectivity index (χ1v) is 6.60. The average Bonchev–Trinajstić information content (AvgIpc) is 2.55. The van der Waals surface area contributed by atoms with E-state index < -0.39 is 0 Å². The standard InChI is InChI=1S/C16H24/c1-6-11(2)14-8-7-13-9-10-16(4,5)15(13)12(14)3/h7-8,11H,6,9-10H2,1-5H3. The van der Waals surface area contributed by atoms with Crippen molar-refractivity contribution in [3.05, 3.63) is 34.4 Å². The topological polar surface area (TPSA) is 0 Å². The van der Waals surface area contributed by atoms with Crippen LogP contribution < -0.4 is 0 Å². The predicted octanol–water partition coefficient (Wildman–Crippen LogP) is 4.73. The van der Waals surface area contributed by atoms with Gasteiger partial charge >= 0.3 is 0 Å². The van der Waals surface area contributed by atoms with E-state index in [-0.39, 0.29) is 0 Å². The lowest BCUT2D eigenvalue weighted by Crippen LogP contribution is -2.15. The molecule has 0 saturated heterocycles. The van der Waals surface area contributed by atoms with Crippen LogP contribution in [0.15, 0.2) is 12.1 Å². The molecule has 1 atom stereocenters. The fourth-order valence-electron chi connectivity index (χ4n) is 3.26. The van der Waals surface area contributed by atoms with Crippen molar-refractivity contribution in [1.82, 2.24) is 0 Å². The second kappa shape index (κ2) is 3.91. The van der Waals surface area contributed by atoms with Crippen molar-refractivity contribution in [2.24, 2.45) is 0 Å². The van der Waals surface area contributed by atoms with Crippen molar-refractivity contribution in [3.8, 4) is 0 Å². The van der Waals surface area contributed by atoms with Crippen LogP contribution in [0, 0.1) is 6.92 Å². The zero-order chi connectivity index (χ0) is 11.9. The molecule has 0 aliphatic heterocycles. The molecular formula is C16H24. The van der Waals surface area contributed by atoms with Gasteiger partial charge < -0.3 is 0 Å². The van der Waals surface area contributed by atoms with E-state index in [0.29, 0.717) is 11.3 Å². The molecule has 0 amide bonds. The molecule has 0 radical (unpaired) electrons. The second-order valence-electron chi connectivity index (χ2n) is 6.01. The van der Waals surface area contributed by atoms with Crippen molar-refractivity contribution in [2.45, 2.75) is 65.2 Å². The molecule has 0 heteroatoms. The van der Waals surface area contributed by atoms with E-state index in [2.05, 4.69) is 46.8 Å². The third kappa shape index (κ3) is 1.69. The Morgan fingerprint density at radius 2 is 2.00 bits per heavy atom. The molecule has 2 rings (SSSR count). The summed E-state index contributed by atoms with van der Waals surface area (Å²) in [4.78, 5) is 0. The minimum Gasteiger partial charge on any atom is -0.0648 e. The van der Waals surface area contributed by atoms with E-state index in [4.69, 9.17) is 0 Å². The molecule has 0 spiro atoms. The van der Waals surface area contributed by atoms with Crippen LogP contribution in [0.1, 0.15) is 68.7 Å². The maximum atomic E-state index is 2.40. The summed E-state index contributed by atoms with van der Waals surface area (Å²) in [6.45, 7) is 11.7. The Balaban J connectivity index is 2.55. The summed E-state index contributed by atoms with van der Waals surface area (Å²) < 4.78 is 0. The van der Waals surface area contributed by atoms with Crippen molar-refractivity contribution in [2.75, 3.05) is 0 Å². The van der Waals surface area contributed by atoms with Gasteiger partial charge in [0.25, 0.3) is 0 Å². The van der Waals surface area contributed by atoms with Gasteiger partial charge in [0.05, 0.1) is 0 Å². The molecule has 1 aromatic rings. The highest BCUT2D eigenvalue weighted by Gasteiger charge is 2.32. The lowest BCUT2D eigenvalue weighted by atomic mass is 9.80. The van der Waals surface area contributed by atoms with Gasteiger partial charge in [0, 0.05) is 0 Å². The minimum absolute atomic E-state index is 0.392. The molecule has 1 aromatic carbocycles. The van der Waals surface area contributed by atoms with Gasteiger partial charge in [-0.05, 0) is 59.8 Å². The van der Waals surface area contributed by atoms with Crippen LogP contribution in [0.25, 0.3) is 0 Å². The fourth-order valence-corrected chi connectivity index (χ4v) is 3.26. The number of aryl methyl sites for hydroxylation is 1. The Morgan fingerprint density at radius 3 is 2.62 bits per heavy atom. The normalized spacial score (nSPS) is 19.6. The monoisotopic (exact) mass is 216 g/mol. The Morgan fingerprint density at radius 1 is 1.31 bits per heavy atom. The van der Waals surface area contributed by atoms with E-state index in [1.54, 1.807) is 22.3 Å². The lowest BCUT2D eigenvalue weighted by Gasteiger charge is -2.24. The first kappa shape index (κ1) is 11.7. The number of benzene rings is 1. The molecule has 0 N–H and O–H groups in total. The van der Waals surface area contributed by atoms with Crippen LogP contribution in [-0.2, 0) is 11.8 Å². The smallest absolute Gasteiger partial charge is 0.00949 e. The highest BCUT2D eigenvalue weighted by molar-refractivity contribution is 5.48. The van der Waals surface area contributed by atoms with Crippen LogP contribution in [0.2, 0.25) is 0 Å². The highest BCUT2D eigenvalue weighted by Crippen LogP contribution is 2.42. The summed E-state index contributed by atoms with van der Waals surface area (Å²) in [5, 5.41) is 0. The zero-order valence-electron chi connectivity index (χ0n) is 11.4. The van der Waals surface area contributed by atoms with Gasteiger partial charge in [0.2, 0.25) is 0 Å². The van der Waals surface area contributed by atoms with E-state index in [0.717, 1.165) is 0 Å². The third-order valence-corrected chi connectivity index (χ3v) is 4.43. The van der Waals surface area contributed by atoms with Crippen molar-refractivity contribution in [1.29, 1.82) is 0 Å². The summed E-state index contributed by atoms with van der Waals surface area (Å²) in [5.41, 5.74) is 6.76. The molecule has 1 aliphatic rings. The minimum atomic E-state index is 0.392. The van der Waals surface area contributed by atoms with Crippen molar-refractivity contribution in [3.63, 3.8) is 0 Å². The number of hydrogen-bond acceptors (Lipinski definition) is 0. The van der Waals surface area contributed by atoms with Gasteiger partial charge in [0.1, 0.15) is 0 Å². The van der Waals surface area contributed by atoms with Crippen LogP contribution in [-0.4, -0.2) is 0 Å². The van der Waals surface area contributed by atoms with Gasteiger partial charge in [0.15, 0.2) is 0 Å². The van der Waals surface area contributed by atoms with Gasteiger partial charge in [-0.15, -0.1) is 0 Å². The number of rotatable bonds is 2. The third-order valence-electron chi connectivity index (χ3n) is 4.43. The quantitative estimate of drug-likeness (QED) is 0.670. The maximum Gasteiger partial charge on any atom is -0.00949 e. The Labute approximate surface area is 100 Å². The first-order chi connectivity index (χ1) is 7.47. The molecule has 0 saturated carbocycles. The highest BCUT2D eigenvalue weighted by atomic mass is 14.4. The van der Waals surface area contributed by atoms with Crippen molar-refractivity contribution >= 4 is 0 Å². The van der Waals surface area contributed by atoms with Gasteiger partial charge in [-0.1, -0.05) is 39.8 Å². The molecule has 0 bridgehead atoms. The van der Waals surface area contributed by atoms with Crippen LogP contribution in [0.4, 0.5) is 0 Å². The molecule has 0 fully saturated rings. The summed E-state index contributed by atoms with van der Waals surface area (Å²) in [7, 11) is 0. The molecule has 0 nitrogen and oxygen atoms in total. The van der Waals surface area contributed by atoms with Gasteiger partial charge in [-0.2, -0.15) is 0 Å². The molecule has 0 heterocycles. The summed E-state index contributed by atoms with van der Waals surface area (Å²) in [6.07, 6.45) is 3.82. The predicted molar refractivity (Wildman–Crippen MR) is 71.2 cm³/mol. The first-order valence-electron chi connectivity index (χ1n) is 6.60. The summed E-state index contributed by atoms with van der Waals surface area (Å²) >= 11 is 0. The molecule has 16 heavy (non-hydrogen) atoms. The zero-order valence-corrected chi connectivity index (χ0v) is 11.4. The molecular weight excluding hydrogens is 192 g/mol. The SMILES string of the molecule is CCC(C)c1ccc2c(c1C)C(C)(C)CC2. The van der Waals surface area contributed by atoms with Crippen LogP contribution in [0.3, 0.4) is 0 Å². The molecule has 1 unspecified atom stereocenters. The Hall–Kier alpha value is -0.780. The van der Waals surface area contributed by atoms with E-state index >= 15 is 0 Å². The number of fused-ring (bicyclic) bond motifs is 1. The Kier molecular flexibility index (Phi) is 2.86. The van der Waals surface area contributed by atoms with E-state index in [9.17, 15) is 0 Å². The molecule has 88 valence electrons. The Bertz CT molecular complexity index is 399. The summed E-state index contributed by atoms with van der Waals surface area (Å²) in [5.74, 6) is 0.696.